The fraction of sp³-hybridized carbons (Fsp3) is 0.692. The molecule has 4 N–H and O–H groups in total. The molecule has 1 fully saturated rings. The summed E-state index contributed by atoms with van der Waals surface area (Å²) in [5.74, 6) is 0.244. The van der Waals surface area contributed by atoms with E-state index in [1.54, 1.807) is 0 Å². The van der Waals surface area contributed by atoms with Crippen LogP contribution in [0.2, 0.25) is 0 Å². The zero-order valence-electron chi connectivity index (χ0n) is 11.9. The van der Waals surface area contributed by atoms with Crippen LogP contribution in [0.25, 0.3) is 0 Å². The minimum Gasteiger partial charge on any atom is -0.382 e. The normalized spacial score (nSPS) is 15.3. The van der Waals surface area contributed by atoms with E-state index in [-0.39, 0.29) is 5.91 Å². The number of aromatic nitrogens is 1. The quantitative estimate of drug-likeness (QED) is 0.684. The van der Waals surface area contributed by atoms with Gasteiger partial charge in [0, 0.05) is 32.7 Å². The van der Waals surface area contributed by atoms with Gasteiger partial charge in [-0.3, -0.25) is 4.79 Å². The van der Waals surface area contributed by atoms with E-state index in [4.69, 9.17) is 5.73 Å². The lowest BCUT2D eigenvalue weighted by molar-refractivity contribution is 0.0957. The summed E-state index contributed by atoms with van der Waals surface area (Å²) in [6, 6.07) is 0. The molecule has 0 spiro atoms. The number of nitrogens with two attached hydrogens (primary N) is 1. The molecule has 112 valence electrons. The van der Waals surface area contributed by atoms with Crippen LogP contribution in [-0.2, 0) is 0 Å². The smallest absolute Gasteiger partial charge is 0.265 e. The van der Waals surface area contributed by atoms with Gasteiger partial charge in [0.2, 0.25) is 0 Å². The van der Waals surface area contributed by atoms with Gasteiger partial charge >= 0.3 is 0 Å². The third-order valence-corrected chi connectivity index (χ3v) is 4.43. The summed E-state index contributed by atoms with van der Waals surface area (Å²) in [4.78, 5) is 19.1. The summed E-state index contributed by atoms with van der Waals surface area (Å²) >= 11 is 1.39. The fourth-order valence-electron chi connectivity index (χ4n) is 2.13. The predicted octanol–water partition coefficient (Wildman–Crippen LogP) is 1.05. The highest BCUT2D eigenvalue weighted by Gasteiger charge is 2.20. The number of hydrogen-bond acceptors (Lipinski definition) is 6. The number of nitrogen functional groups attached to an aromatic ring is 1. The Balaban J connectivity index is 1.94. The van der Waals surface area contributed by atoms with Crippen LogP contribution in [0.5, 0.6) is 0 Å². The molecule has 0 unspecified atom stereocenters. The van der Waals surface area contributed by atoms with E-state index in [0.717, 1.165) is 50.6 Å². The lowest BCUT2D eigenvalue weighted by Gasteiger charge is -2.26. The van der Waals surface area contributed by atoms with Crippen molar-refractivity contribution in [1.29, 1.82) is 0 Å². The molecule has 0 aromatic carbocycles. The maximum atomic E-state index is 12.1. The average molecular weight is 297 g/mol. The first-order chi connectivity index (χ1) is 9.72. The number of thiazole rings is 1. The van der Waals surface area contributed by atoms with Crippen LogP contribution >= 0.6 is 11.3 Å². The Morgan fingerprint density at radius 2 is 2.20 bits per heavy atom. The van der Waals surface area contributed by atoms with Crippen molar-refractivity contribution >= 4 is 28.2 Å². The lowest BCUT2D eigenvalue weighted by atomic mass is 10.2. The number of amides is 1. The number of nitrogens with zero attached hydrogens (tertiary/aromatic N) is 2. The van der Waals surface area contributed by atoms with E-state index < -0.39 is 0 Å². The molecule has 1 aromatic rings. The van der Waals surface area contributed by atoms with Gasteiger partial charge in [0.25, 0.3) is 5.91 Å². The van der Waals surface area contributed by atoms with E-state index >= 15 is 0 Å². The van der Waals surface area contributed by atoms with Gasteiger partial charge in [0.15, 0.2) is 5.13 Å². The Kier molecular flexibility index (Phi) is 5.60. The van der Waals surface area contributed by atoms with Crippen LogP contribution in [0.4, 0.5) is 10.9 Å². The first kappa shape index (κ1) is 15.1. The lowest BCUT2D eigenvalue weighted by Crippen LogP contribution is -2.43. The van der Waals surface area contributed by atoms with Crippen molar-refractivity contribution in [2.24, 2.45) is 0 Å². The van der Waals surface area contributed by atoms with E-state index in [9.17, 15) is 4.79 Å². The maximum absolute atomic E-state index is 12.1. The van der Waals surface area contributed by atoms with E-state index in [2.05, 4.69) is 27.4 Å². The molecular weight excluding hydrogens is 274 g/mol. The van der Waals surface area contributed by atoms with Crippen molar-refractivity contribution in [1.82, 2.24) is 15.6 Å². The van der Waals surface area contributed by atoms with E-state index in [0.29, 0.717) is 17.2 Å². The second-order valence-electron chi connectivity index (χ2n) is 4.91. The van der Waals surface area contributed by atoms with Crippen molar-refractivity contribution in [3.8, 4) is 0 Å². The minimum atomic E-state index is -0.0995. The van der Waals surface area contributed by atoms with Crippen molar-refractivity contribution in [2.45, 2.75) is 26.2 Å². The predicted molar refractivity (Wildman–Crippen MR) is 83.5 cm³/mol. The van der Waals surface area contributed by atoms with Crippen LogP contribution in [0, 0.1) is 0 Å². The standard InChI is InChI=1S/C13H23N5OS/c1-2-3-4-5-16-12(19)10-11(14)17-13(20-10)18-8-6-15-7-9-18/h15H,2-9,14H2,1H3,(H,16,19). The van der Waals surface area contributed by atoms with Gasteiger partial charge in [0.05, 0.1) is 0 Å². The second-order valence-corrected chi connectivity index (χ2v) is 5.89. The van der Waals surface area contributed by atoms with E-state index in [1.165, 1.54) is 11.3 Å². The number of rotatable bonds is 6. The molecular formula is C13H23N5OS. The number of piperazine rings is 1. The number of unbranched alkanes of at least 4 members (excludes halogenated alkanes) is 2. The fourth-order valence-corrected chi connectivity index (χ4v) is 3.08. The highest BCUT2D eigenvalue weighted by molar-refractivity contribution is 7.18. The third-order valence-electron chi connectivity index (χ3n) is 3.30. The Bertz CT molecular complexity index is 442. The van der Waals surface area contributed by atoms with E-state index in [1.807, 2.05) is 0 Å². The number of anilines is 2. The summed E-state index contributed by atoms with van der Waals surface area (Å²) in [6.45, 7) is 6.54. The van der Waals surface area contributed by atoms with Gasteiger partial charge in [0.1, 0.15) is 10.7 Å². The molecule has 2 heterocycles. The molecule has 0 bridgehead atoms. The first-order valence-corrected chi connectivity index (χ1v) is 8.04. The van der Waals surface area contributed by atoms with Crippen molar-refractivity contribution in [2.75, 3.05) is 43.4 Å². The largest absolute Gasteiger partial charge is 0.382 e. The summed E-state index contributed by atoms with van der Waals surface area (Å²) < 4.78 is 0. The Labute approximate surface area is 123 Å². The molecule has 1 aliphatic rings. The van der Waals surface area contributed by atoms with Gasteiger partial charge in [-0.05, 0) is 6.42 Å². The van der Waals surface area contributed by atoms with Gasteiger partial charge in [-0.1, -0.05) is 31.1 Å². The molecule has 6 nitrogen and oxygen atoms in total. The van der Waals surface area contributed by atoms with Crippen LogP contribution in [-0.4, -0.2) is 43.6 Å². The zero-order chi connectivity index (χ0) is 14.4. The summed E-state index contributed by atoms with van der Waals surface area (Å²) in [5, 5.41) is 7.05. The molecule has 1 saturated heterocycles. The molecule has 0 radical (unpaired) electrons. The van der Waals surface area contributed by atoms with Crippen LogP contribution in [0.1, 0.15) is 35.9 Å². The minimum absolute atomic E-state index is 0.0995. The molecule has 7 heteroatoms. The van der Waals surface area contributed by atoms with Crippen LogP contribution in [0.3, 0.4) is 0 Å². The maximum Gasteiger partial charge on any atom is 0.265 e. The Morgan fingerprint density at radius 3 is 2.90 bits per heavy atom. The number of nitrogens with one attached hydrogen (secondary N) is 2. The van der Waals surface area contributed by atoms with Crippen molar-refractivity contribution < 1.29 is 4.79 Å². The summed E-state index contributed by atoms with van der Waals surface area (Å²) in [5.41, 5.74) is 5.88. The highest BCUT2D eigenvalue weighted by Crippen LogP contribution is 2.28. The van der Waals surface area contributed by atoms with Crippen molar-refractivity contribution in [3.05, 3.63) is 4.88 Å². The SMILES string of the molecule is CCCCCNC(=O)c1sc(N2CCNCC2)nc1N. The Hall–Kier alpha value is -1.34. The molecule has 0 saturated carbocycles. The number of carbonyl (C=O) groups is 1. The monoisotopic (exact) mass is 297 g/mol. The molecule has 0 aliphatic carbocycles. The molecule has 1 amide bonds. The average Bonchev–Trinajstić information content (AvgIpc) is 2.86. The molecule has 1 aliphatic heterocycles. The van der Waals surface area contributed by atoms with Crippen molar-refractivity contribution in [3.63, 3.8) is 0 Å². The summed E-state index contributed by atoms with van der Waals surface area (Å²) in [7, 11) is 0. The molecule has 2 rings (SSSR count). The molecule has 0 atom stereocenters. The molecule has 20 heavy (non-hydrogen) atoms. The highest BCUT2D eigenvalue weighted by atomic mass is 32.1. The second kappa shape index (κ2) is 7.44. The summed E-state index contributed by atoms with van der Waals surface area (Å²) in [6.07, 6.45) is 3.28. The van der Waals surface area contributed by atoms with Crippen LogP contribution < -0.4 is 21.3 Å². The van der Waals surface area contributed by atoms with Gasteiger partial charge in [-0.15, -0.1) is 0 Å². The van der Waals surface area contributed by atoms with Gasteiger partial charge < -0.3 is 21.3 Å². The number of hydrogen-bond donors (Lipinski definition) is 3. The Morgan fingerprint density at radius 1 is 1.45 bits per heavy atom. The molecule has 1 aromatic heterocycles. The zero-order valence-corrected chi connectivity index (χ0v) is 12.8. The first-order valence-electron chi connectivity index (χ1n) is 7.22. The topological polar surface area (TPSA) is 83.3 Å². The number of carbonyl (C=O) groups excluding carboxylic acids is 1. The van der Waals surface area contributed by atoms with Crippen LogP contribution in [0.15, 0.2) is 0 Å². The van der Waals surface area contributed by atoms with Gasteiger partial charge in [-0.25, -0.2) is 4.98 Å². The van der Waals surface area contributed by atoms with Gasteiger partial charge in [-0.2, -0.15) is 0 Å². The third kappa shape index (κ3) is 3.83.